The molecule has 3 nitrogen and oxygen atoms in total. The van der Waals surface area contributed by atoms with E-state index in [4.69, 9.17) is 5.73 Å². The molecule has 3 aromatic rings. The smallest absolute Gasteiger partial charge is 0.115 e. The fourth-order valence-corrected chi connectivity index (χ4v) is 2.76. The molecule has 1 heterocycles. The van der Waals surface area contributed by atoms with Crippen LogP contribution in [0.4, 0.5) is 0 Å². The number of nitrogens with zero attached hydrogens (tertiary/aromatic N) is 1. The Morgan fingerprint density at radius 3 is 2.52 bits per heavy atom. The third-order valence-electron chi connectivity index (χ3n) is 3.70. The van der Waals surface area contributed by atoms with Crippen molar-refractivity contribution in [3.8, 4) is 5.75 Å². The van der Waals surface area contributed by atoms with Crippen LogP contribution in [0, 0.1) is 0 Å². The Balaban J connectivity index is 2.00. The number of aromatic hydroxyl groups is 1. The number of nitrogens with two attached hydrogens (primary N) is 1. The molecule has 2 aromatic carbocycles. The second kappa shape index (κ2) is 5.62. The number of fused-ring (bicyclic) bond motifs is 1. The standard InChI is InChI=1S/C18H20N2O/c1-13(19)10-15-12-20(18-5-3-2-4-17(15)18)11-14-6-8-16(21)9-7-14/h2-9,12-13,21H,10-11,19H2,1H3. The summed E-state index contributed by atoms with van der Waals surface area (Å²) in [4.78, 5) is 0. The maximum absolute atomic E-state index is 9.38. The van der Waals surface area contributed by atoms with E-state index in [1.54, 1.807) is 12.1 Å². The number of hydrogen-bond donors (Lipinski definition) is 2. The van der Waals surface area contributed by atoms with Crippen molar-refractivity contribution in [2.24, 2.45) is 5.73 Å². The summed E-state index contributed by atoms with van der Waals surface area (Å²) in [6.07, 6.45) is 3.07. The largest absolute Gasteiger partial charge is 0.508 e. The maximum atomic E-state index is 9.38. The van der Waals surface area contributed by atoms with E-state index in [0.29, 0.717) is 5.75 Å². The van der Waals surface area contributed by atoms with Gasteiger partial charge < -0.3 is 15.4 Å². The molecule has 0 fully saturated rings. The number of rotatable bonds is 4. The fourth-order valence-electron chi connectivity index (χ4n) is 2.76. The first-order valence-corrected chi connectivity index (χ1v) is 7.24. The van der Waals surface area contributed by atoms with Crippen molar-refractivity contribution in [3.05, 3.63) is 65.9 Å². The molecule has 0 aliphatic carbocycles. The monoisotopic (exact) mass is 280 g/mol. The molecule has 0 bridgehead atoms. The van der Waals surface area contributed by atoms with Gasteiger partial charge in [0.05, 0.1) is 0 Å². The minimum Gasteiger partial charge on any atom is -0.508 e. The average molecular weight is 280 g/mol. The van der Waals surface area contributed by atoms with E-state index >= 15 is 0 Å². The number of para-hydroxylation sites is 1. The molecule has 3 heteroatoms. The highest BCUT2D eigenvalue weighted by Gasteiger charge is 2.09. The Morgan fingerprint density at radius 1 is 1.10 bits per heavy atom. The highest BCUT2D eigenvalue weighted by Crippen LogP contribution is 2.23. The van der Waals surface area contributed by atoms with Crippen LogP contribution in [0.2, 0.25) is 0 Å². The van der Waals surface area contributed by atoms with Crippen LogP contribution < -0.4 is 5.73 Å². The van der Waals surface area contributed by atoms with Crippen molar-refractivity contribution in [2.75, 3.05) is 0 Å². The first-order valence-electron chi connectivity index (χ1n) is 7.24. The molecule has 1 aromatic heterocycles. The lowest BCUT2D eigenvalue weighted by Crippen LogP contribution is -2.17. The summed E-state index contributed by atoms with van der Waals surface area (Å²) in [6, 6.07) is 15.9. The Hall–Kier alpha value is -2.26. The molecule has 3 rings (SSSR count). The predicted octanol–water partition coefficient (Wildman–Crippen LogP) is 3.28. The summed E-state index contributed by atoms with van der Waals surface area (Å²) in [5.74, 6) is 0.300. The van der Waals surface area contributed by atoms with Gasteiger partial charge in [-0.1, -0.05) is 30.3 Å². The van der Waals surface area contributed by atoms with Crippen LogP contribution in [0.5, 0.6) is 5.75 Å². The van der Waals surface area contributed by atoms with Crippen molar-refractivity contribution in [3.63, 3.8) is 0 Å². The molecule has 21 heavy (non-hydrogen) atoms. The zero-order chi connectivity index (χ0) is 14.8. The van der Waals surface area contributed by atoms with Crippen LogP contribution in [0.25, 0.3) is 10.9 Å². The van der Waals surface area contributed by atoms with Crippen LogP contribution in [0.1, 0.15) is 18.1 Å². The van der Waals surface area contributed by atoms with Crippen LogP contribution in [0.3, 0.4) is 0 Å². The number of phenolic OH excluding ortho intramolecular Hbond substituents is 1. The van der Waals surface area contributed by atoms with E-state index in [2.05, 4.69) is 35.0 Å². The SMILES string of the molecule is CC(N)Cc1cn(Cc2ccc(O)cc2)c2ccccc12. The van der Waals surface area contributed by atoms with Crippen molar-refractivity contribution in [2.45, 2.75) is 25.9 Å². The topological polar surface area (TPSA) is 51.2 Å². The Morgan fingerprint density at radius 2 is 1.81 bits per heavy atom. The molecule has 0 amide bonds. The molecule has 0 saturated heterocycles. The molecule has 0 aliphatic heterocycles. The van der Waals surface area contributed by atoms with Gasteiger partial charge in [0.25, 0.3) is 0 Å². The minimum atomic E-state index is 0.151. The molecule has 0 radical (unpaired) electrons. The van der Waals surface area contributed by atoms with E-state index in [-0.39, 0.29) is 6.04 Å². The summed E-state index contributed by atoms with van der Waals surface area (Å²) >= 11 is 0. The van der Waals surface area contributed by atoms with Crippen molar-refractivity contribution < 1.29 is 5.11 Å². The molecular weight excluding hydrogens is 260 g/mol. The van der Waals surface area contributed by atoms with E-state index in [1.807, 2.05) is 19.1 Å². The zero-order valence-corrected chi connectivity index (χ0v) is 12.2. The van der Waals surface area contributed by atoms with E-state index in [1.165, 1.54) is 22.0 Å². The van der Waals surface area contributed by atoms with Gasteiger partial charge in [-0.2, -0.15) is 0 Å². The van der Waals surface area contributed by atoms with E-state index < -0.39 is 0 Å². The number of hydrogen-bond acceptors (Lipinski definition) is 2. The molecule has 0 saturated carbocycles. The summed E-state index contributed by atoms with van der Waals surface area (Å²) < 4.78 is 2.25. The average Bonchev–Trinajstić information content (AvgIpc) is 2.79. The van der Waals surface area contributed by atoms with Gasteiger partial charge in [-0.05, 0) is 42.7 Å². The number of benzene rings is 2. The molecule has 3 N–H and O–H groups in total. The Bertz CT molecular complexity index is 742. The van der Waals surface area contributed by atoms with Gasteiger partial charge in [0.1, 0.15) is 5.75 Å². The van der Waals surface area contributed by atoms with Gasteiger partial charge in [-0.25, -0.2) is 0 Å². The van der Waals surface area contributed by atoms with Crippen LogP contribution in [-0.4, -0.2) is 15.7 Å². The summed E-state index contributed by atoms with van der Waals surface area (Å²) in [5.41, 5.74) is 9.64. The van der Waals surface area contributed by atoms with Gasteiger partial charge in [-0.3, -0.25) is 0 Å². The van der Waals surface area contributed by atoms with Gasteiger partial charge >= 0.3 is 0 Å². The van der Waals surface area contributed by atoms with E-state index in [9.17, 15) is 5.11 Å². The van der Waals surface area contributed by atoms with Gasteiger partial charge in [0, 0.05) is 29.7 Å². The summed E-state index contributed by atoms with van der Waals surface area (Å²) in [5, 5.41) is 10.6. The lowest BCUT2D eigenvalue weighted by molar-refractivity contribution is 0.475. The third-order valence-corrected chi connectivity index (χ3v) is 3.70. The van der Waals surface area contributed by atoms with Crippen molar-refractivity contribution in [1.29, 1.82) is 0 Å². The molecule has 0 aliphatic rings. The first-order chi connectivity index (χ1) is 10.1. The van der Waals surface area contributed by atoms with Gasteiger partial charge in [0.2, 0.25) is 0 Å². The van der Waals surface area contributed by atoms with Crippen molar-refractivity contribution >= 4 is 10.9 Å². The molecular formula is C18H20N2O. The van der Waals surface area contributed by atoms with Gasteiger partial charge in [-0.15, -0.1) is 0 Å². The Kier molecular flexibility index (Phi) is 3.67. The predicted molar refractivity (Wildman–Crippen MR) is 86.5 cm³/mol. The lowest BCUT2D eigenvalue weighted by atomic mass is 10.1. The van der Waals surface area contributed by atoms with Crippen LogP contribution >= 0.6 is 0 Å². The fraction of sp³-hybridized carbons (Fsp3) is 0.222. The second-order valence-electron chi connectivity index (χ2n) is 5.65. The summed E-state index contributed by atoms with van der Waals surface area (Å²) in [7, 11) is 0. The highest BCUT2D eigenvalue weighted by molar-refractivity contribution is 5.84. The van der Waals surface area contributed by atoms with Crippen molar-refractivity contribution in [1.82, 2.24) is 4.57 Å². The third kappa shape index (κ3) is 2.93. The highest BCUT2D eigenvalue weighted by atomic mass is 16.3. The molecule has 1 unspecified atom stereocenters. The quantitative estimate of drug-likeness (QED) is 0.770. The zero-order valence-electron chi connectivity index (χ0n) is 12.2. The minimum absolute atomic E-state index is 0.151. The van der Waals surface area contributed by atoms with Gasteiger partial charge in [0.15, 0.2) is 0 Å². The maximum Gasteiger partial charge on any atom is 0.115 e. The Labute approximate surface area is 124 Å². The van der Waals surface area contributed by atoms with E-state index in [0.717, 1.165) is 13.0 Å². The number of phenols is 1. The lowest BCUT2D eigenvalue weighted by Gasteiger charge is -2.05. The molecule has 1 atom stereocenters. The normalized spacial score (nSPS) is 12.7. The number of aromatic nitrogens is 1. The molecule has 108 valence electrons. The second-order valence-corrected chi connectivity index (χ2v) is 5.65. The van der Waals surface area contributed by atoms with Crippen LogP contribution in [0.15, 0.2) is 54.7 Å². The first kappa shape index (κ1) is 13.7. The molecule has 0 spiro atoms. The van der Waals surface area contributed by atoms with Crippen LogP contribution in [-0.2, 0) is 13.0 Å². The summed E-state index contributed by atoms with van der Waals surface area (Å²) in [6.45, 7) is 2.83.